The van der Waals surface area contributed by atoms with E-state index >= 15 is 0 Å². The Bertz CT molecular complexity index is 1350. The molecule has 4 aromatic carbocycles. The molecule has 0 fully saturated rings. The van der Waals surface area contributed by atoms with Crippen LogP contribution in [0.25, 0.3) is 10.8 Å². The lowest BCUT2D eigenvalue weighted by molar-refractivity contribution is -0.116. The molecular formula is C30H27NO3S2. The number of fused-ring (bicyclic) bond motifs is 1. The van der Waals surface area contributed by atoms with E-state index in [0.29, 0.717) is 25.0 Å². The van der Waals surface area contributed by atoms with Gasteiger partial charge in [0.15, 0.2) is 0 Å². The van der Waals surface area contributed by atoms with E-state index in [4.69, 9.17) is 10.00 Å². The van der Waals surface area contributed by atoms with Gasteiger partial charge in [0.1, 0.15) is 23.9 Å². The summed E-state index contributed by atoms with van der Waals surface area (Å²) in [7, 11) is 0. The molecule has 4 nitrogen and oxygen atoms in total. The van der Waals surface area contributed by atoms with Crippen LogP contribution in [0.2, 0.25) is 0 Å². The SMILES string of the molecule is N#Cc1ccc(CC(=O)CS)c2ccccc12.O=C(CS)Cc1ccc(OCc2ccccc2)cc1. The minimum Gasteiger partial charge on any atom is -0.489 e. The molecule has 0 bridgehead atoms. The van der Waals surface area contributed by atoms with Gasteiger partial charge in [-0.1, -0.05) is 72.8 Å². The largest absolute Gasteiger partial charge is 0.489 e. The Labute approximate surface area is 222 Å². The molecule has 4 rings (SSSR count). The summed E-state index contributed by atoms with van der Waals surface area (Å²) in [5, 5.41) is 10.9. The highest BCUT2D eigenvalue weighted by Crippen LogP contribution is 2.23. The number of carbonyl (C=O) groups is 2. The maximum absolute atomic E-state index is 11.4. The summed E-state index contributed by atoms with van der Waals surface area (Å²) in [5.74, 6) is 1.55. The highest BCUT2D eigenvalue weighted by atomic mass is 32.1. The second kappa shape index (κ2) is 14.1. The van der Waals surface area contributed by atoms with Gasteiger partial charge in [-0.05, 0) is 45.7 Å². The Hall–Kier alpha value is -3.53. The summed E-state index contributed by atoms with van der Waals surface area (Å²) < 4.78 is 5.68. The molecule has 0 unspecified atom stereocenters. The zero-order valence-corrected chi connectivity index (χ0v) is 21.6. The number of nitriles is 1. The van der Waals surface area contributed by atoms with Crippen LogP contribution in [0.15, 0.2) is 91.0 Å². The Kier molecular flexibility index (Phi) is 10.6. The van der Waals surface area contributed by atoms with Crippen molar-refractivity contribution >= 4 is 47.6 Å². The molecule has 0 N–H and O–H groups in total. The Morgan fingerprint density at radius 2 is 1.31 bits per heavy atom. The topological polar surface area (TPSA) is 67.2 Å². The summed E-state index contributed by atoms with van der Waals surface area (Å²) in [6.45, 7) is 0.551. The van der Waals surface area contributed by atoms with Gasteiger partial charge >= 0.3 is 0 Å². The first-order valence-corrected chi connectivity index (χ1v) is 12.7. The fraction of sp³-hybridized carbons (Fsp3) is 0.167. The van der Waals surface area contributed by atoms with Crippen molar-refractivity contribution in [1.82, 2.24) is 0 Å². The third-order valence-corrected chi connectivity index (χ3v) is 6.15. The smallest absolute Gasteiger partial charge is 0.146 e. The van der Waals surface area contributed by atoms with Gasteiger partial charge in [-0.3, -0.25) is 9.59 Å². The van der Waals surface area contributed by atoms with Crippen LogP contribution >= 0.6 is 25.3 Å². The molecular weight excluding hydrogens is 486 g/mol. The molecule has 4 aromatic rings. The van der Waals surface area contributed by atoms with E-state index in [2.05, 4.69) is 31.3 Å². The van der Waals surface area contributed by atoms with E-state index in [1.54, 1.807) is 6.07 Å². The van der Waals surface area contributed by atoms with E-state index in [1.807, 2.05) is 84.9 Å². The first-order valence-electron chi connectivity index (χ1n) is 11.5. The molecule has 0 atom stereocenters. The lowest BCUT2D eigenvalue weighted by Gasteiger charge is -2.07. The van der Waals surface area contributed by atoms with E-state index in [-0.39, 0.29) is 23.1 Å². The van der Waals surface area contributed by atoms with Crippen LogP contribution in [-0.4, -0.2) is 23.1 Å². The third-order valence-electron chi connectivity index (χ3n) is 5.45. The zero-order chi connectivity index (χ0) is 25.8. The number of hydrogen-bond acceptors (Lipinski definition) is 6. The molecule has 0 saturated carbocycles. The summed E-state index contributed by atoms with van der Waals surface area (Å²) in [6.07, 6.45) is 0.804. The molecule has 6 heteroatoms. The quantitative estimate of drug-likeness (QED) is 0.267. The normalized spacial score (nSPS) is 10.1. The molecule has 0 aliphatic rings. The van der Waals surface area contributed by atoms with Gasteiger partial charge in [0.2, 0.25) is 0 Å². The van der Waals surface area contributed by atoms with Crippen molar-refractivity contribution in [2.24, 2.45) is 0 Å². The first-order chi connectivity index (χ1) is 17.5. The molecule has 0 saturated heterocycles. The molecule has 182 valence electrons. The monoisotopic (exact) mass is 513 g/mol. The minimum atomic E-state index is 0.0863. The number of thiol groups is 2. The Morgan fingerprint density at radius 3 is 1.94 bits per heavy atom. The third kappa shape index (κ3) is 8.01. The number of Topliss-reactive ketones (excluding diaryl/α,β-unsaturated/α-hetero) is 2. The number of carbonyl (C=O) groups excluding carboxylic acids is 2. The zero-order valence-electron chi connectivity index (χ0n) is 19.8. The fourth-order valence-electron chi connectivity index (χ4n) is 3.61. The van der Waals surface area contributed by atoms with Gasteiger partial charge in [-0.25, -0.2) is 0 Å². The lowest BCUT2D eigenvalue weighted by atomic mass is 9.97. The van der Waals surface area contributed by atoms with Crippen LogP contribution in [-0.2, 0) is 29.0 Å². The molecule has 0 amide bonds. The van der Waals surface area contributed by atoms with E-state index in [1.165, 1.54) is 0 Å². The van der Waals surface area contributed by atoms with Crippen LogP contribution < -0.4 is 4.74 Å². The molecule has 0 heterocycles. The van der Waals surface area contributed by atoms with E-state index in [0.717, 1.165) is 33.2 Å². The number of nitrogens with zero attached hydrogens (tertiary/aromatic N) is 1. The van der Waals surface area contributed by atoms with Crippen LogP contribution in [0.1, 0.15) is 22.3 Å². The van der Waals surface area contributed by atoms with Gasteiger partial charge in [-0.2, -0.15) is 30.5 Å². The Morgan fingerprint density at radius 1 is 0.694 bits per heavy atom. The minimum absolute atomic E-state index is 0.0863. The first kappa shape index (κ1) is 27.1. The van der Waals surface area contributed by atoms with Gasteiger partial charge in [0.05, 0.1) is 11.6 Å². The number of benzene rings is 4. The highest BCUT2D eigenvalue weighted by molar-refractivity contribution is 7.81. The van der Waals surface area contributed by atoms with Gasteiger partial charge in [-0.15, -0.1) is 0 Å². The molecule has 36 heavy (non-hydrogen) atoms. The van der Waals surface area contributed by atoms with Crippen molar-refractivity contribution in [3.63, 3.8) is 0 Å². The predicted molar refractivity (Wildman–Crippen MR) is 151 cm³/mol. The number of ketones is 2. The van der Waals surface area contributed by atoms with Crippen molar-refractivity contribution in [2.45, 2.75) is 19.4 Å². The average molecular weight is 514 g/mol. The van der Waals surface area contributed by atoms with Crippen molar-refractivity contribution < 1.29 is 14.3 Å². The van der Waals surface area contributed by atoms with Gasteiger partial charge in [0.25, 0.3) is 0 Å². The molecule has 0 aliphatic heterocycles. The van der Waals surface area contributed by atoms with Crippen molar-refractivity contribution in [3.8, 4) is 11.8 Å². The van der Waals surface area contributed by atoms with Crippen molar-refractivity contribution in [1.29, 1.82) is 5.26 Å². The molecule has 0 aliphatic carbocycles. The molecule has 0 spiro atoms. The Balaban J connectivity index is 0.000000202. The van der Waals surface area contributed by atoms with Crippen molar-refractivity contribution in [3.05, 3.63) is 113 Å². The standard InChI is InChI=1S/C16H16O2S.C14H11NOS/c17-15(12-19)10-13-6-8-16(9-7-13)18-11-14-4-2-1-3-5-14;15-8-11-6-5-10(7-12(16)9-17)13-3-1-2-4-14(11)13/h1-9,19H,10-12H2;1-6,17H,7,9H2. The summed E-state index contributed by atoms with van der Waals surface area (Å²) in [5.41, 5.74) is 3.73. The van der Waals surface area contributed by atoms with Crippen LogP contribution in [0.5, 0.6) is 5.75 Å². The summed E-state index contributed by atoms with van der Waals surface area (Å²) in [6, 6.07) is 31.1. The number of hydrogen-bond donors (Lipinski definition) is 2. The molecule has 0 radical (unpaired) electrons. The maximum atomic E-state index is 11.4. The second-order valence-electron chi connectivity index (χ2n) is 8.09. The summed E-state index contributed by atoms with van der Waals surface area (Å²) in [4.78, 5) is 22.7. The fourth-order valence-corrected chi connectivity index (χ4v) is 3.83. The van der Waals surface area contributed by atoms with Gasteiger partial charge < -0.3 is 4.74 Å². The number of rotatable bonds is 9. The van der Waals surface area contributed by atoms with Crippen LogP contribution in [0.4, 0.5) is 0 Å². The van der Waals surface area contributed by atoms with E-state index in [9.17, 15) is 9.59 Å². The lowest BCUT2D eigenvalue weighted by Crippen LogP contribution is -2.04. The van der Waals surface area contributed by atoms with Crippen LogP contribution in [0, 0.1) is 11.3 Å². The van der Waals surface area contributed by atoms with Crippen LogP contribution in [0.3, 0.4) is 0 Å². The second-order valence-corrected chi connectivity index (χ2v) is 8.73. The maximum Gasteiger partial charge on any atom is 0.146 e. The highest BCUT2D eigenvalue weighted by Gasteiger charge is 2.08. The predicted octanol–water partition coefficient (Wildman–Crippen LogP) is 6.06. The average Bonchev–Trinajstić information content (AvgIpc) is 2.93. The number of ether oxygens (including phenoxy) is 1. The summed E-state index contributed by atoms with van der Waals surface area (Å²) >= 11 is 7.94. The van der Waals surface area contributed by atoms with E-state index < -0.39 is 0 Å². The van der Waals surface area contributed by atoms with Gasteiger partial charge in [0, 0.05) is 24.3 Å². The molecule has 0 aromatic heterocycles. The van der Waals surface area contributed by atoms with Crippen molar-refractivity contribution in [2.75, 3.05) is 11.5 Å².